The van der Waals surface area contributed by atoms with E-state index in [0.717, 1.165) is 17.0 Å². The van der Waals surface area contributed by atoms with Crippen LogP contribution in [0.2, 0.25) is 0 Å². The monoisotopic (exact) mass is 364 g/mol. The third kappa shape index (κ3) is 3.29. The Kier molecular flexibility index (Phi) is 4.59. The zero-order valence-corrected chi connectivity index (χ0v) is 14.5. The third-order valence-electron chi connectivity index (χ3n) is 3.29. The summed E-state index contributed by atoms with van der Waals surface area (Å²) < 4.78 is 19.6. The summed E-state index contributed by atoms with van der Waals surface area (Å²) in [7, 11) is 0. The van der Waals surface area contributed by atoms with Gasteiger partial charge in [0.15, 0.2) is 11.7 Å². The average Bonchev–Trinajstić information content (AvgIpc) is 3.09. The number of rotatable bonds is 4. The van der Waals surface area contributed by atoms with E-state index in [4.69, 9.17) is 4.74 Å². The van der Waals surface area contributed by atoms with Gasteiger partial charge in [0.2, 0.25) is 0 Å². The van der Waals surface area contributed by atoms with Gasteiger partial charge in [-0.3, -0.25) is 10.1 Å². The zero-order valence-electron chi connectivity index (χ0n) is 12.9. The van der Waals surface area contributed by atoms with Crippen molar-refractivity contribution in [1.82, 2.24) is 4.98 Å². The third-order valence-corrected chi connectivity index (χ3v) is 5.40. The van der Waals surface area contributed by atoms with E-state index in [9.17, 15) is 14.0 Å². The van der Waals surface area contributed by atoms with E-state index in [1.807, 2.05) is 6.92 Å². The second-order valence-electron chi connectivity index (χ2n) is 5.09. The number of esters is 1. The highest BCUT2D eigenvalue weighted by Gasteiger charge is 2.20. The minimum absolute atomic E-state index is 0.299. The number of aromatic nitrogens is 1. The summed E-state index contributed by atoms with van der Waals surface area (Å²) in [6.45, 7) is 3.06. The number of aryl methyl sites for hydroxylation is 2. The van der Waals surface area contributed by atoms with Crippen LogP contribution in [0.5, 0.6) is 0 Å². The summed E-state index contributed by atoms with van der Waals surface area (Å²) in [5, 5.41) is 5.22. The van der Waals surface area contributed by atoms with E-state index in [1.54, 1.807) is 24.4 Å². The highest BCUT2D eigenvalue weighted by Crippen LogP contribution is 2.32. The van der Waals surface area contributed by atoms with Crippen LogP contribution < -0.4 is 5.32 Å². The number of fused-ring (bicyclic) bond motifs is 1. The van der Waals surface area contributed by atoms with Crippen molar-refractivity contribution in [1.29, 1.82) is 0 Å². The molecule has 24 heavy (non-hydrogen) atoms. The van der Waals surface area contributed by atoms with E-state index < -0.39 is 18.5 Å². The van der Waals surface area contributed by atoms with Crippen molar-refractivity contribution in [3.8, 4) is 0 Å². The normalized spacial score (nSPS) is 10.8. The summed E-state index contributed by atoms with van der Waals surface area (Å²) in [5.41, 5.74) is 1.32. The molecule has 0 unspecified atom stereocenters. The molecule has 0 aliphatic rings. The predicted molar refractivity (Wildman–Crippen MR) is 92.3 cm³/mol. The molecule has 0 aliphatic heterocycles. The first-order valence-electron chi connectivity index (χ1n) is 7.02. The SMILES string of the molecule is Cc1csc(NC(=O)COC(=O)c2sc3cccc(F)c3c2C)n1. The number of ether oxygens (including phenoxy) is 1. The van der Waals surface area contributed by atoms with Crippen molar-refractivity contribution in [3.05, 3.63) is 45.5 Å². The van der Waals surface area contributed by atoms with E-state index >= 15 is 0 Å². The summed E-state index contributed by atoms with van der Waals surface area (Å²) >= 11 is 2.44. The molecule has 8 heteroatoms. The van der Waals surface area contributed by atoms with Crippen LogP contribution in [-0.4, -0.2) is 23.5 Å². The lowest BCUT2D eigenvalue weighted by molar-refractivity contribution is -0.119. The molecule has 5 nitrogen and oxygen atoms in total. The molecular weight excluding hydrogens is 351 g/mol. The summed E-state index contributed by atoms with van der Waals surface area (Å²) in [6.07, 6.45) is 0. The molecule has 0 radical (unpaired) electrons. The molecule has 0 aliphatic carbocycles. The second-order valence-corrected chi connectivity index (χ2v) is 7.00. The minimum atomic E-state index is -0.640. The van der Waals surface area contributed by atoms with Crippen molar-refractivity contribution in [2.24, 2.45) is 0 Å². The van der Waals surface area contributed by atoms with Gasteiger partial charge in [0.25, 0.3) is 5.91 Å². The number of nitrogens with zero attached hydrogens (tertiary/aromatic N) is 1. The number of carbonyl (C=O) groups excluding carboxylic acids is 2. The molecule has 2 aromatic heterocycles. The number of anilines is 1. The molecule has 0 fully saturated rings. The molecule has 2 heterocycles. The summed E-state index contributed by atoms with van der Waals surface area (Å²) in [6, 6.07) is 4.68. The molecule has 3 rings (SSSR count). The Morgan fingerprint density at radius 1 is 1.33 bits per heavy atom. The Balaban J connectivity index is 1.68. The van der Waals surface area contributed by atoms with Gasteiger partial charge in [0, 0.05) is 15.5 Å². The number of halogens is 1. The van der Waals surface area contributed by atoms with Crippen LogP contribution in [0.25, 0.3) is 10.1 Å². The highest BCUT2D eigenvalue weighted by atomic mass is 32.1. The van der Waals surface area contributed by atoms with Crippen LogP contribution in [0, 0.1) is 19.7 Å². The molecule has 1 aromatic carbocycles. The molecule has 124 valence electrons. The highest BCUT2D eigenvalue weighted by molar-refractivity contribution is 7.21. The first-order valence-corrected chi connectivity index (χ1v) is 8.72. The van der Waals surface area contributed by atoms with E-state index in [1.165, 1.54) is 17.4 Å². The average molecular weight is 364 g/mol. The molecule has 3 aromatic rings. The Morgan fingerprint density at radius 2 is 2.12 bits per heavy atom. The van der Waals surface area contributed by atoms with Gasteiger partial charge >= 0.3 is 5.97 Å². The fourth-order valence-electron chi connectivity index (χ4n) is 2.21. The maximum absolute atomic E-state index is 13.9. The molecule has 0 atom stereocenters. The Morgan fingerprint density at radius 3 is 2.79 bits per heavy atom. The van der Waals surface area contributed by atoms with Gasteiger partial charge in [-0.15, -0.1) is 22.7 Å². The molecule has 0 saturated heterocycles. The van der Waals surface area contributed by atoms with Crippen LogP contribution in [-0.2, 0) is 9.53 Å². The van der Waals surface area contributed by atoms with Crippen LogP contribution in [0.3, 0.4) is 0 Å². The van der Waals surface area contributed by atoms with Crippen molar-refractivity contribution >= 4 is 49.8 Å². The van der Waals surface area contributed by atoms with Gasteiger partial charge in [-0.1, -0.05) is 6.07 Å². The van der Waals surface area contributed by atoms with Crippen molar-refractivity contribution in [2.75, 3.05) is 11.9 Å². The number of hydrogen-bond donors (Lipinski definition) is 1. The minimum Gasteiger partial charge on any atom is -0.451 e. The van der Waals surface area contributed by atoms with E-state index in [-0.39, 0.29) is 5.82 Å². The number of thiophene rings is 1. The number of thiazole rings is 1. The lowest BCUT2D eigenvalue weighted by Gasteiger charge is -2.04. The van der Waals surface area contributed by atoms with Crippen LogP contribution >= 0.6 is 22.7 Å². The topological polar surface area (TPSA) is 68.3 Å². The standard InChI is InChI=1S/C16H13FN2O3S2/c1-8-7-23-16(18-8)19-12(20)6-22-15(21)14-9(2)13-10(17)4-3-5-11(13)24-14/h3-5,7H,6H2,1-2H3,(H,18,19,20). The van der Waals surface area contributed by atoms with E-state index in [2.05, 4.69) is 10.3 Å². The van der Waals surface area contributed by atoms with Crippen LogP contribution in [0.15, 0.2) is 23.6 Å². The number of hydrogen-bond acceptors (Lipinski definition) is 6. The van der Waals surface area contributed by atoms with Crippen molar-refractivity contribution in [3.63, 3.8) is 0 Å². The van der Waals surface area contributed by atoms with Gasteiger partial charge in [-0.05, 0) is 31.5 Å². The van der Waals surface area contributed by atoms with Gasteiger partial charge in [-0.2, -0.15) is 0 Å². The first kappa shape index (κ1) is 16.5. The fourth-order valence-corrected chi connectivity index (χ4v) is 4.03. The number of amides is 1. The molecule has 0 spiro atoms. The molecule has 0 bridgehead atoms. The largest absolute Gasteiger partial charge is 0.451 e. The molecule has 1 amide bonds. The second kappa shape index (κ2) is 6.66. The molecule has 0 saturated carbocycles. The number of carbonyl (C=O) groups is 2. The van der Waals surface area contributed by atoms with Crippen LogP contribution in [0.1, 0.15) is 20.9 Å². The zero-order chi connectivity index (χ0) is 17.3. The quantitative estimate of drug-likeness (QED) is 0.713. The van der Waals surface area contributed by atoms with Gasteiger partial charge in [0.1, 0.15) is 10.7 Å². The maximum atomic E-state index is 13.9. The lowest BCUT2D eigenvalue weighted by Crippen LogP contribution is -2.20. The first-order chi connectivity index (χ1) is 11.5. The van der Waals surface area contributed by atoms with Crippen LogP contribution in [0.4, 0.5) is 9.52 Å². The van der Waals surface area contributed by atoms with Gasteiger partial charge in [0.05, 0.1) is 5.69 Å². The Labute approximate surface area is 145 Å². The number of nitrogens with one attached hydrogen (secondary N) is 1. The Bertz CT molecular complexity index is 933. The maximum Gasteiger partial charge on any atom is 0.349 e. The Hall–Kier alpha value is -2.32. The van der Waals surface area contributed by atoms with E-state index in [0.29, 0.717) is 25.7 Å². The molecular formula is C16H13FN2O3S2. The number of benzene rings is 1. The van der Waals surface area contributed by atoms with Crippen molar-refractivity contribution in [2.45, 2.75) is 13.8 Å². The van der Waals surface area contributed by atoms with Crippen molar-refractivity contribution < 1.29 is 18.7 Å². The lowest BCUT2D eigenvalue weighted by atomic mass is 10.1. The molecule has 1 N–H and O–H groups in total. The summed E-state index contributed by atoms with van der Waals surface area (Å²) in [4.78, 5) is 28.4. The smallest absolute Gasteiger partial charge is 0.349 e. The fraction of sp³-hybridized carbons (Fsp3) is 0.188. The predicted octanol–water partition coefficient (Wildman–Crippen LogP) is 3.91. The van der Waals surface area contributed by atoms with Gasteiger partial charge in [-0.25, -0.2) is 14.2 Å². The van der Waals surface area contributed by atoms with Gasteiger partial charge < -0.3 is 4.74 Å². The summed E-state index contributed by atoms with van der Waals surface area (Å²) in [5.74, 6) is -1.49.